The van der Waals surface area contributed by atoms with Crippen molar-refractivity contribution in [2.75, 3.05) is 10.0 Å². The quantitative estimate of drug-likeness (QED) is 0.139. The Morgan fingerprint density at radius 1 is 0.673 bits per heavy atom. The molecule has 55 heavy (non-hydrogen) atoms. The molecule has 4 aromatic carbocycles. The molecule has 4 aromatic heterocycles. The minimum absolute atomic E-state index is 0.193. The van der Waals surface area contributed by atoms with Gasteiger partial charge < -0.3 is 5.32 Å². The van der Waals surface area contributed by atoms with Crippen LogP contribution in [0.25, 0.3) is 40.1 Å². The molecule has 0 spiro atoms. The fraction of sp³-hybridized carbons (Fsp3) is 0.214. The summed E-state index contributed by atoms with van der Waals surface area (Å²) in [7, 11) is -3.72. The van der Waals surface area contributed by atoms with Gasteiger partial charge in [0.15, 0.2) is 22.9 Å². The van der Waals surface area contributed by atoms with E-state index in [1.165, 1.54) is 5.56 Å². The van der Waals surface area contributed by atoms with Crippen LogP contribution in [0.5, 0.6) is 0 Å². The number of H-pyrrole nitrogens is 1. The van der Waals surface area contributed by atoms with Crippen molar-refractivity contribution in [3.63, 3.8) is 0 Å². The van der Waals surface area contributed by atoms with Gasteiger partial charge in [-0.3, -0.25) is 9.82 Å². The van der Waals surface area contributed by atoms with Gasteiger partial charge in [0, 0.05) is 50.7 Å². The molecule has 0 bridgehead atoms. The zero-order valence-electron chi connectivity index (χ0n) is 31.5. The number of fused-ring (bicyclic) bond motifs is 2. The van der Waals surface area contributed by atoms with Crippen LogP contribution >= 0.6 is 0 Å². The Morgan fingerprint density at radius 3 is 1.87 bits per heavy atom. The number of aromatic amines is 1. The van der Waals surface area contributed by atoms with Crippen LogP contribution in [0.3, 0.4) is 0 Å². The number of anilines is 2. The largest absolute Gasteiger partial charge is 0.381 e. The molecule has 8 aromatic rings. The maximum absolute atomic E-state index is 12.9. The lowest BCUT2D eigenvalue weighted by Gasteiger charge is -2.18. The van der Waals surface area contributed by atoms with Crippen molar-refractivity contribution in [1.29, 1.82) is 0 Å². The van der Waals surface area contributed by atoms with Crippen LogP contribution in [0, 0.1) is 0 Å². The highest BCUT2D eigenvalue weighted by Gasteiger charge is 2.28. The minimum atomic E-state index is -3.72. The number of sulfonamides is 1. The Labute approximate surface area is 319 Å². The average Bonchev–Trinajstić information content (AvgIpc) is 3.93. The molecule has 0 aliphatic rings. The van der Waals surface area contributed by atoms with E-state index in [-0.39, 0.29) is 15.7 Å². The van der Waals surface area contributed by atoms with Gasteiger partial charge in [-0.25, -0.2) is 18.4 Å². The van der Waals surface area contributed by atoms with Gasteiger partial charge in [0.2, 0.25) is 0 Å². The molecule has 4 heterocycles. The number of hydrogen-bond donors (Lipinski definition) is 3. The Kier molecular flexibility index (Phi) is 8.76. The molecule has 0 saturated heterocycles. The van der Waals surface area contributed by atoms with Gasteiger partial charge in [0.25, 0.3) is 10.0 Å². The van der Waals surface area contributed by atoms with Crippen LogP contribution in [0.4, 0.5) is 11.4 Å². The fourth-order valence-corrected chi connectivity index (χ4v) is 7.54. The number of aromatic nitrogens is 8. The van der Waals surface area contributed by atoms with Gasteiger partial charge in [-0.1, -0.05) is 90.1 Å². The zero-order valence-corrected chi connectivity index (χ0v) is 32.3. The van der Waals surface area contributed by atoms with E-state index < -0.39 is 10.0 Å². The lowest BCUT2D eigenvalue weighted by Crippen LogP contribution is -2.22. The van der Waals surface area contributed by atoms with Crippen LogP contribution in [0.15, 0.2) is 114 Å². The van der Waals surface area contributed by atoms with Crippen LogP contribution in [0.2, 0.25) is 0 Å². The topological polar surface area (TPSA) is 147 Å². The first-order valence-corrected chi connectivity index (χ1v) is 19.6. The lowest BCUT2D eigenvalue weighted by molar-refractivity contribution is 0.553. The van der Waals surface area contributed by atoms with Crippen LogP contribution in [0.1, 0.15) is 64.1 Å². The van der Waals surface area contributed by atoms with E-state index in [1.807, 2.05) is 42.5 Å². The first kappa shape index (κ1) is 35.7. The third-order valence-electron chi connectivity index (χ3n) is 9.30. The fourth-order valence-electron chi connectivity index (χ4n) is 6.46. The maximum Gasteiger partial charge on any atom is 0.261 e. The van der Waals surface area contributed by atoms with Gasteiger partial charge in [-0.2, -0.15) is 9.73 Å². The molecule has 12 nitrogen and oxygen atoms in total. The summed E-state index contributed by atoms with van der Waals surface area (Å²) in [6.45, 7) is 13.5. The second kappa shape index (κ2) is 13.5. The first-order valence-electron chi connectivity index (χ1n) is 18.1. The molecule has 0 amide bonds. The summed E-state index contributed by atoms with van der Waals surface area (Å²) in [6, 6.07) is 33.7. The molecular weight excluding hydrogens is 709 g/mol. The predicted molar refractivity (Wildman–Crippen MR) is 216 cm³/mol. The summed E-state index contributed by atoms with van der Waals surface area (Å²) in [5.41, 5.74) is 7.68. The minimum Gasteiger partial charge on any atom is -0.381 e. The molecule has 8 rings (SSSR count). The SMILES string of the molecule is CC(C)(C)c1[nH]n2nc(-c3ccc(NS(=O)(=O)c4ccccc4)cc3)nc2c1/C=c1/c(C(C)(C)C)nn2nc(-c3ccc(NCc4ccccc4)cc3)nc12. The maximum atomic E-state index is 12.9. The van der Waals surface area contributed by atoms with E-state index in [4.69, 9.17) is 25.3 Å². The normalized spacial score (nSPS) is 12.9. The Hall–Kier alpha value is -6.34. The first-order chi connectivity index (χ1) is 26.2. The molecule has 0 fully saturated rings. The van der Waals surface area contributed by atoms with E-state index >= 15 is 0 Å². The van der Waals surface area contributed by atoms with Gasteiger partial charge in [-0.15, -0.1) is 14.8 Å². The van der Waals surface area contributed by atoms with E-state index in [0.717, 1.165) is 45.5 Å². The number of benzene rings is 4. The number of rotatable bonds is 9. The van der Waals surface area contributed by atoms with E-state index in [9.17, 15) is 8.42 Å². The molecular formula is C42H42N10O2S. The van der Waals surface area contributed by atoms with Crippen molar-refractivity contribution >= 4 is 38.8 Å². The number of nitrogens with zero attached hydrogens (tertiary/aromatic N) is 7. The van der Waals surface area contributed by atoms with Crippen LogP contribution < -0.4 is 15.3 Å². The molecule has 13 heteroatoms. The third-order valence-corrected chi connectivity index (χ3v) is 10.7. The molecule has 0 aliphatic heterocycles. The molecule has 278 valence electrons. The summed E-state index contributed by atoms with van der Waals surface area (Å²) >= 11 is 0. The zero-order chi connectivity index (χ0) is 38.5. The van der Waals surface area contributed by atoms with E-state index in [2.05, 4.69) is 74.9 Å². The predicted octanol–water partition coefficient (Wildman–Crippen LogP) is 7.38. The van der Waals surface area contributed by atoms with Gasteiger partial charge in [0.1, 0.15) is 0 Å². The summed E-state index contributed by atoms with van der Waals surface area (Å²) in [5.74, 6) is 1.08. The van der Waals surface area contributed by atoms with Crippen molar-refractivity contribution < 1.29 is 8.42 Å². The van der Waals surface area contributed by atoms with Gasteiger partial charge >= 0.3 is 0 Å². The summed E-state index contributed by atoms with van der Waals surface area (Å²) in [6.07, 6.45) is 2.10. The monoisotopic (exact) mass is 750 g/mol. The van der Waals surface area contributed by atoms with Crippen molar-refractivity contribution in [3.8, 4) is 22.8 Å². The van der Waals surface area contributed by atoms with Gasteiger partial charge in [-0.05, 0) is 72.3 Å². The van der Waals surface area contributed by atoms with Gasteiger partial charge in [0.05, 0.1) is 16.3 Å². The van der Waals surface area contributed by atoms with Crippen molar-refractivity contribution in [1.82, 2.24) is 39.6 Å². The van der Waals surface area contributed by atoms with E-state index in [1.54, 1.807) is 63.9 Å². The van der Waals surface area contributed by atoms with E-state index in [0.29, 0.717) is 28.6 Å². The summed E-state index contributed by atoms with van der Waals surface area (Å²) in [4.78, 5) is 10.2. The smallest absolute Gasteiger partial charge is 0.261 e. The molecule has 0 unspecified atom stereocenters. The molecule has 0 radical (unpaired) electrons. The molecule has 0 saturated carbocycles. The Bertz CT molecular complexity index is 2790. The Balaban J connectivity index is 1.15. The second-order valence-corrected chi connectivity index (χ2v) is 17.3. The highest BCUT2D eigenvalue weighted by Crippen LogP contribution is 2.31. The van der Waals surface area contributed by atoms with Crippen molar-refractivity contribution in [2.45, 2.75) is 63.8 Å². The molecule has 3 N–H and O–H groups in total. The second-order valence-electron chi connectivity index (χ2n) is 15.6. The molecule has 0 atom stereocenters. The molecule has 0 aliphatic carbocycles. The third kappa shape index (κ3) is 7.18. The number of nitrogens with one attached hydrogen (secondary N) is 3. The highest BCUT2D eigenvalue weighted by molar-refractivity contribution is 7.92. The number of hydrogen-bond acceptors (Lipinski definition) is 8. The van der Waals surface area contributed by atoms with Crippen LogP contribution in [-0.4, -0.2) is 48.0 Å². The Morgan fingerprint density at radius 2 is 1.25 bits per heavy atom. The highest BCUT2D eigenvalue weighted by atomic mass is 32.2. The standard InChI is InChI=1S/C42H42N10O2S/c1-41(2,3)35-33(39-44-37(48-51(39)46-35)28-17-21-30(22-18-28)43-26-27-13-9-7-10-14-27)25-34-36(42(4,5)6)47-52-40(34)45-38(49-52)29-19-23-31(24-20-29)50-55(53,54)32-15-11-8-12-16-32/h7-25,43,47,50H,26H2,1-6H3/b33-25-. The summed E-state index contributed by atoms with van der Waals surface area (Å²) in [5, 5.41) is 22.4. The summed E-state index contributed by atoms with van der Waals surface area (Å²) < 4.78 is 31.7. The van der Waals surface area contributed by atoms with Crippen LogP contribution in [-0.2, 0) is 27.4 Å². The average molecular weight is 751 g/mol. The lowest BCUT2D eigenvalue weighted by atomic mass is 9.88. The van der Waals surface area contributed by atoms with Crippen molar-refractivity contribution in [2.24, 2.45) is 0 Å². The van der Waals surface area contributed by atoms with Crippen molar-refractivity contribution in [3.05, 3.63) is 137 Å².